The Kier molecular flexibility index (Phi) is 1.33. The van der Waals surface area contributed by atoms with Crippen LogP contribution >= 0.6 is 0 Å². The predicted octanol–water partition coefficient (Wildman–Crippen LogP) is 2.46. The minimum atomic E-state index is 1.11. The molecule has 0 bridgehead atoms. The second-order valence-electron chi connectivity index (χ2n) is 3.56. The molecule has 1 aliphatic carbocycles. The van der Waals surface area contributed by atoms with Crippen LogP contribution in [0.5, 0.6) is 0 Å². The quantitative estimate of drug-likeness (QED) is 0.629. The Morgan fingerprint density at radius 3 is 3.08 bits per heavy atom. The monoisotopic (exact) mass is 169 g/mol. The summed E-state index contributed by atoms with van der Waals surface area (Å²) >= 11 is 0. The Morgan fingerprint density at radius 2 is 2.08 bits per heavy atom. The molecule has 0 fully saturated rings. The number of allylic oxidation sites excluding steroid dienone is 2. The van der Waals surface area contributed by atoms with Crippen molar-refractivity contribution in [2.75, 3.05) is 0 Å². The fourth-order valence-electron chi connectivity index (χ4n) is 2.12. The highest BCUT2D eigenvalue weighted by Gasteiger charge is 2.20. The molecule has 0 atom stereocenters. The van der Waals surface area contributed by atoms with Gasteiger partial charge in [-0.25, -0.2) is 0 Å². The summed E-state index contributed by atoms with van der Waals surface area (Å²) < 4.78 is 0. The smallest absolute Gasteiger partial charge is 0.0454 e. The Morgan fingerprint density at radius 1 is 1.15 bits per heavy atom. The molecule has 1 aromatic rings. The molecule has 0 saturated carbocycles. The number of benzene rings is 1. The van der Waals surface area contributed by atoms with Crippen molar-refractivity contribution in [3.63, 3.8) is 0 Å². The van der Waals surface area contributed by atoms with Crippen LogP contribution in [0.25, 0.3) is 5.70 Å². The SMILES string of the molecule is C1=CNC2=C(C1)Cc1ccccc12. The minimum absolute atomic E-state index is 1.11. The maximum atomic E-state index is 3.34. The highest BCUT2D eigenvalue weighted by atomic mass is 14.9. The second-order valence-corrected chi connectivity index (χ2v) is 3.56. The van der Waals surface area contributed by atoms with E-state index in [2.05, 4.69) is 35.7 Å². The fourth-order valence-corrected chi connectivity index (χ4v) is 2.12. The van der Waals surface area contributed by atoms with Crippen LogP contribution in [0, 0.1) is 0 Å². The number of nitrogens with one attached hydrogen (secondary N) is 1. The molecule has 0 spiro atoms. The first kappa shape index (κ1) is 6.96. The number of fused-ring (bicyclic) bond motifs is 2. The topological polar surface area (TPSA) is 12.0 Å². The molecule has 1 heterocycles. The van der Waals surface area contributed by atoms with Crippen molar-refractivity contribution in [3.05, 3.63) is 53.2 Å². The van der Waals surface area contributed by atoms with E-state index >= 15 is 0 Å². The first-order chi connectivity index (χ1) is 6.45. The normalized spacial score (nSPS) is 18.2. The van der Waals surface area contributed by atoms with Gasteiger partial charge in [-0.15, -0.1) is 0 Å². The van der Waals surface area contributed by atoms with Crippen molar-refractivity contribution < 1.29 is 0 Å². The molecular weight excluding hydrogens is 158 g/mol. The van der Waals surface area contributed by atoms with E-state index < -0.39 is 0 Å². The van der Waals surface area contributed by atoms with E-state index in [9.17, 15) is 0 Å². The van der Waals surface area contributed by atoms with E-state index in [1.165, 1.54) is 22.4 Å². The third-order valence-corrected chi connectivity index (χ3v) is 2.75. The maximum Gasteiger partial charge on any atom is 0.0454 e. The van der Waals surface area contributed by atoms with Crippen molar-refractivity contribution in [1.29, 1.82) is 0 Å². The Hall–Kier alpha value is -1.50. The van der Waals surface area contributed by atoms with Gasteiger partial charge >= 0.3 is 0 Å². The molecule has 2 aliphatic rings. The van der Waals surface area contributed by atoms with Gasteiger partial charge in [0, 0.05) is 11.3 Å². The average Bonchev–Trinajstić information content (AvgIpc) is 2.56. The van der Waals surface area contributed by atoms with E-state index in [0.29, 0.717) is 0 Å². The van der Waals surface area contributed by atoms with Gasteiger partial charge in [0.25, 0.3) is 0 Å². The third-order valence-electron chi connectivity index (χ3n) is 2.75. The maximum absolute atomic E-state index is 3.34. The van der Waals surface area contributed by atoms with Crippen LogP contribution < -0.4 is 5.32 Å². The Labute approximate surface area is 77.8 Å². The first-order valence-corrected chi connectivity index (χ1v) is 4.67. The first-order valence-electron chi connectivity index (χ1n) is 4.67. The van der Waals surface area contributed by atoms with E-state index in [-0.39, 0.29) is 0 Å². The lowest BCUT2D eigenvalue weighted by Crippen LogP contribution is -2.07. The molecule has 0 aromatic heterocycles. The van der Waals surface area contributed by atoms with E-state index in [1.807, 2.05) is 6.20 Å². The van der Waals surface area contributed by atoms with E-state index in [0.717, 1.165) is 12.8 Å². The lowest BCUT2D eigenvalue weighted by atomic mass is 10.1. The summed E-state index contributed by atoms with van der Waals surface area (Å²) in [5, 5.41) is 3.34. The molecule has 1 nitrogen and oxygen atoms in total. The zero-order valence-corrected chi connectivity index (χ0v) is 7.38. The van der Waals surface area contributed by atoms with Gasteiger partial charge in [-0.3, -0.25) is 0 Å². The second kappa shape index (κ2) is 2.49. The van der Waals surface area contributed by atoms with Crippen molar-refractivity contribution in [1.82, 2.24) is 5.32 Å². The van der Waals surface area contributed by atoms with Gasteiger partial charge in [-0.1, -0.05) is 30.3 Å². The van der Waals surface area contributed by atoms with E-state index in [1.54, 1.807) is 0 Å². The van der Waals surface area contributed by atoms with Crippen molar-refractivity contribution in [3.8, 4) is 0 Å². The number of hydrogen-bond donors (Lipinski definition) is 1. The molecule has 3 rings (SSSR count). The van der Waals surface area contributed by atoms with Crippen molar-refractivity contribution in [2.24, 2.45) is 0 Å². The molecule has 1 N–H and O–H groups in total. The number of hydrogen-bond acceptors (Lipinski definition) is 1. The molecule has 64 valence electrons. The highest BCUT2D eigenvalue weighted by molar-refractivity contribution is 5.76. The predicted molar refractivity (Wildman–Crippen MR) is 54.0 cm³/mol. The summed E-state index contributed by atoms with van der Waals surface area (Å²) in [5.74, 6) is 0. The molecule has 13 heavy (non-hydrogen) atoms. The summed E-state index contributed by atoms with van der Waals surface area (Å²) in [5.41, 5.74) is 5.73. The Balaban J connectivity index is 2.13. The van der Waals surface area contributed by atoms with Crippen LogP contribution in [0.2, 0.25) is 0 Å². The minimum Gasteiger partial charge on any atom is -0.362 e. The summed E-state index contributed by atoms with van der Waals surface area (Å²) in [4.78, 5) is 0. The summed E-state index contributed by atoms with van der Waals surface area (Å²) in [6.45, 7) is 0. The Bertz CT molecular complexity index is 413. The fraction of sp³-hybridized carbons (Fsp3) is 0.167. The summed E-state index contributed by atoms with van der Waals surface area (Å²) in [6, 6.07) is 8.64. The molecule has 0 unspecified atom stereocenters. The van der Waals surface area contributed by atoms with Gasteiger partial charge < -0.3 is 5.32 Å². The summed E-state index contributed by atoms with van der Waals surface area (Å²) in [7, 11) is 0. The van der Waals surface area contributed by atoms with Crippen LogP contribution in [-0.4, -0.2) is 0 Å². The van der Waals surface area contributed by atoms with Crippen molar-refractivity contribution >= 4 is 5.70 Å². The van der Waals surface area contributed by atoms with Gasteiger partial charge in [0.2, 0.25) is 0 Å². The van der Waals surface area contributed by atoms with Crippen LogP contribution in [0.4, 0.5) is 0 Å². The third kappa shape index (κ3) is 0.934. The molecule has 0 saturated heterocycles. The zero-order chi connectivity index (χ0) is 8.67. The van der Waals surface area contributed by atoms with Crippen molar-refractivity contribution in [2.45, 2.75) is 12.8 Å². The zero-order valence-electron chi connectivity index (χ0n) is 7.38. The molecule has 1 aromatic carbocycles. The molecular formula is C12H11N. The summed E-state index contributed by atoms with van der Waals surface area (Å²) in [6.07, 6.45) is 6.46. The largest absolute Gasteiger partial charge is 0.362 e. The number of dihydropyridines is 1. The van der Waals surface area contributed by atoms with Crippen LogP contribution in [0.15, 0.2) is 42.1 Å². The molecule has 1 heteroatoms. The standard InChI is InChI=1S/C12H11N/c1-2-6-11-9(4-1)8-10-5-3-7-13-12(10)11/h1-4,6-7,13H,5,8H2. The van der Waals surface area contributed by atoms with E-state index in [4.69, 9.17) is 0 Å². The molecule has 0 amide bonds. The highest BCUT2D eigenvalue weighted by Crippen LogP contribution is 2.34. The number of rotatable bonds is 0. The van der Waals surface area contributed by atoms with Gasteiger partial charge in [0.05, 0.1) is 0 Å². The van der Waals surface area contributed by atoms with Crippen LogP contribution in [0.3, 0.4) is 0 Å². The van der Waals surface area contributed by atoms with Gasteiger partial charge in [0.1, 0.15) is 0 Å². The average molecular weight is 169 g/mol. The van der Waals surface area contributed by atoms with Gasteiger partial charge in [-0.05, 0) is 30.2 Å². The van der Waals surface area contributed by atoms with Gasteiger partial charge in [0.15, 0.2) is 0 Å². The van der Waals surface area contributed by atoms with Gasteiger partial charge in [-0.2, -0.15) is 0 Å². The molecule has 1 aliphatic heterocycles. The van der Waals surface area contributed by atoms with Crippen LogP contribution in [0.1, 0.15) is 17.5 Å². The lowest BCUT2D eigenvalue weighted by molar-refractivity contribution is 1.04. The lowest BCUT2D eigenvalue weighted by Gasteiger charge is -2.10. The molecule has 0 radical (unpaired) electrons. The van der Waals surface area contributed by atoms with Crippen LogP contribution in [-0.2, 0) is 6.42 Å².